The van der Waals surface area contributed by atoms with E-state index in [-0.39, 0.29) is 29.7 Å². The number of carbonyl (C=O) groups is 1. The van der Waals surface area contributed by atoms with Gasteiger partial charge in [0.25, 0.3) is 0 Å². The Bertz CT molecular complexity index is 921. The van der Waals surface area contributed by atoms with Crippen molar-refractivity contribution in [3.05, 3.63) is 47.1 Å². The Hall–Kier alpha value is -1.69. The molecule has 0 saturated heterocycles. The zero-order valence-corrected chi connectivity index (χ0v) is 22.6. The van der Waals surface area contributed by atoms with E-state index >= 15 is 0 Å². The number of aliphatic hydroxyl groups excluding tert-OH is 2. The highest BCUT2D eigenvalue weighted by molar-refractivity contribution is 5.71. The van der Waals surface area contributed by atoms with E-state index in [1.165, 1.54) is 17.6 Å². The van der Waals surface area contributed by atoms with Crippen LogP contribution in [0.2, 0.25) is 0 Å². The summed E-state index contributed by atoms with van der Waals surface area (Å²) in [6, 6.07) is 0. The molecular weight excluding hydrogens is 452 g/mol. The van der Waals surface area contributed by atoms with E-state index in [2.05, 4.69) is 45.6 Å². The molecule has 36 heavy (non-hydrogen) atoms. The Balaban J connectivity index is 1.38. The maximum Gasteiger partial charge on any atom is 0.332 e. The van der Waals surface area contributed by atoms with Crippen LogP contribution in [0.3, 0.4) is 0 Å². The van der Waals surface area contributed by atoms with Gasteiger partial charge in [0.05, 0.1) is 18.3 Å². The first-order chi connectivity index (χ1) is 17.2. The van der Waals surface area contributed by atoms with Gasteiger partial charge in [-0.25, -0.2) is 4.79 Å². The lowest BCUT2D eigenvalue weighted by atomic mass is 9.63. The Kier molecular flexibility index (Phi) is 8.63. The number of fused-ring (bicyclic) bond motifs is 1. The van der Waals surface area contributed by atoms with Crippen LogP contribution in [0.1, 0.15) is 97.8 Å². The number of allylic oxidation sites excluding steroid dienone is 4. The second-order valence-electron chi connectivity index (χ2n) is 11.8. The van der Waals surface area contributed by atoms with Crippen LogP contribution in [0.5, 0.6) is 0 Å². The molecule has 0 spiro atoms. The van der Waals surface area contributed by atoms with Gasteiger partial charge < -0.3 is 19.7 Å². The maximum atomic E-state index is 12.7. The first-order valence-corrected chi connectivity index (χ1v) is 14.2. The lowest BCUT2D eigenvalue weighted by Gasteiger charge is -2.42. The number of aliphatic hydroxyl groups is 2. The van der Waals surface area contributed by atoms with E-state index in [4.69, 9.17) is 9.47 Å². The number of carbonyl (C=O) groups excluding carboxylic acids is 1. The average Bonchev–Trinajstić information content (AvgIpc) is 3.22. The summed E-state index contributed by atoms with van der Waals surface area (Å²) in [4.78, 5) is 12.7. The lowest BCUT2D eigenvalue weighted by molar-refractivity contribution is -0.170. The van der Waals surface area contributed by atoms with Crippen molar-refractivity contribution in [2.45, 2.75) is 122 Å². The third kappa shape index (κ3) is 5.74. The molecule has 0 bridgehead atoms. The van der Waals surface area contributed by atoms with Gasteiger partial charge in [-0.2, -0.15) is 0 Å². The van der Waals surface area contributed by atoms with E-state index in [1.807, 2.05) is 0 Å². The molecule has 5 nitrogen and oxygen atoms in total. The number of rotatable bonds is 7. The summed E-state index contributed by atoms with van der Waals surface area (Å²) in [6.45, 7) is 10.6. The Morgan fingerprint density at radius 1 is 1.19 bits per heavy atom. The van der Waals surface area contributed by atoms with E-state index in [1.54, 1.807) is 0 Å². The Morgan fingerprint density at radius 3 is 2.67 bits per heavy atom. The third-order valence-electron chi connectivity index (χ3n) is 9.50. The fourth-order valence-corrected chi connectivity index (χ4v) is 7.22. The summed E-state index contributed by atoms with van der Waals surface area (Å²) in [5.74, 6) is 0.173. The van der Waals surface area contributed by atoms with E-state index in [9.17, 15) is 15.0 Å². The molecule has 0 aromatic heterocycles. The van der Waals surface area contributed by atoms with Gasteiger partial charge in [0.2, 0.25) is 0 Å². The van der Waals surface area contributed by atoms with Crippen LogP contribution in [0.4, 0.5) is 0 Å². The van der Waals surface area contributed by atoms with Gasteiger partial charge in [0.1, 0.15) is 12.2 Å². The van der Waals surface area contributed by atoms with Crippen LogP contribution in [-0.2, 0) is 14.3 Å². The first kappa shape index (κ1) is 27.3. The Labute approximate surface area is 217 Å². The summed E-state index contributed by atoms with van der Waals surface area (Å²) >= 11 is 0. The summed E-state index contributed by atoms with van der Waals surface area (Å²) in [7, 11) is 0. The maximum absolute atomic E-state index is 12.7. The zero-order chi connectivity index (χ0) is 25.9. The molecule has 4 aliphatic carbocycles. The normalized spacial score (nSPS) is 35.4. The molecule has 3 fully saturated rings. The summed E-state index contributed by atoms with van der Waals surface area (Å²) in [6.07, 6.45) is 16.8. The van der Waals surface area contributed by atoms with Crippen molar-refractivity contribution in [3.63, 3.8) is 0 Å². The topological polar surface area (TPSA) is 76.0 Å². The smallest absolute Gasteiger partial charge is 0.332 e. The van der Waals surface area contributed by atoms with Gasteiger partial charge in [-0.1, -0.05) is 50.6 Å². The van der Waals surface area contributed by atoms with E-state index < -0.39 is 12.2 Å². The molecule has 0 radical (unpaired) electrons. The predicted octanol–water partition coefficient (Wildman–Crippen LogP) is 6.11. The van der Waals surface area contributed by atoms with Crippen LogP contribution in [0, 0.1) is 11.3 Å². The average molecular weight is 499 g/mol. The van der Waals surface area contributed by atoms with Gasteiger partial charge in [-0.05, 0) is 99.2 Å². The van der Waals surface area contributed by atoms with Crippen molar-refractivity contribution in [1.82, 2.24) is 0 Å². The number of hydrogen-bond acceptors (Lipinski definition) is 5. The summed E-state index contributed by atoms with van der Waals surface area (Å²) in [5.41, 5.74) is 4.12. The minimum atomic E-state index is -0.662. The molecule has 5 heteroatoms. The standard InChI is InChI=1S/C31H46O5/c1-5-31(16-7-6-8-17-31)36-29(34)20-35-22(3)26-13-14-27-23(10-9-15-30(26,27)4)11-12-24-18-25(32)19-28(33)21(24)2/h11-13,22,25,27-28,32-33H,2,5-10,14-20H2,1,3-4H3/b23-11+,24-12-/t22?,25-,27+,28+,30-/m1/s1. The highest BCUT2D eigenvalue weighted by Crippen LogP contribution is 2.55. The Morgan fingerprint density at radius 2 is 1.94 bits per heavy atom. The molecule has 5 atom stereocenters. The highest BCUT2D eigenvalue weighted by Gasteiger charge is 2.46. The molecule has 1 unspecified atom stereocenters. The van der Waals surface area contributed by atoms with Crippen molar-refractivity contribution in [1.29, 1.82) is 0 Å². The number of ether oxygens (including phenoxy) is 2. The van der Waals surface area contributed by atoms with Gasteiger partial charge in [0, 0.05) is 6.42 Å². The molecule has 0 aliphatic heterocycles. The van der Waals surface area contributed by atoms with Crippen LogP contribution in [-0.4, -0.2) is 46.7 Å². The third-order valence-corrected chi connectivity index (χ3v) is 9.50. The van der Waals surface area contributed by atoms with Crippen molar-refractivity contribution in [3.8, 4) is 0 Å². The molecule has 0 aromatic rings. The summed E-state index contributed by atoms with van der Waals surface area (Å²) in [5, 5.41) is 20.3. The van der Waals surface area contributed by atoms with Gasteiger partial charge >= 0.3 is 5.97 Å². The predicted molar refractivity (Wildman–Crippen MR) is 142 cm³/mol. The van der Waals surface area contributed by atoms with Crippen LogP contribution in [0.25, 0.3) is 0 Å². The monoisotopic (exact) mass is 498 g/mol. The first-order valence-electron chi connectivity index (χ1n) is 14.2. The highest BCUT2D eigenvalue weighted by atomic mass is 16.6. The SMILES string of the molecule is C=C1/C(=C\C=C2/CCC[C@]3(C)C(C(C)OCC(=O)OC4(CC)CCCCC4)=CC[C@@H]23)C[C@@H](O)C[C@@H]1O. The molecule has 200 valence electrons. The fraction of sp³-hybridized carbons (Fsp3) is 0.710. The van der Waals surface area contributed by atoms with Crippen LogP contribution < -0.4 is 0 Å². The second kappa shape index (κ2) is 11.4. The molecule has 0 amide bonds. The minimum absolute atomic E-state index is 0.00254. The van der Waals surface area contributed by atoms with Crippen molar-refractivity contribution >= 4 is 5.97 Å². The van der Waals surface area contributed by atoms with Gasteiger partial charge in [-0.15, -0.1) is 0 Å². The molecule has 4 aliphatic rings. The van der Waals surface area contributed by atoms with Crippen molar-refractivity contribution in [2.75, 3.05) is 6.61 Å². The number of esters is 1. The van der Waals surface area contributed by atoms with E-state index in [0.717, 1.165) is 68.9 Å². The van der Waals surface area contributed by atoms with Gasteiger partial charge in [0.15, 0.2) is 0 Å². The molecule has 4 rings (SSSR count). The molecule has 3 saturated carbocycles. The molecule has 0 aromatic carbocycles. The quantitative estimate of drug-likeness (QED) is 0.327. The largest absolute Gasteiger partial charge is 0.457 e. The lowest BCUT2D eigenvalue weighted by Crippen LogP contribution is -2.39. The van der Waals surface area contributed by atoms with E-state index in [0.29, 0.717) is 18.8 Å². The van der Waals surface area contributed by atoms with Gasteiger partial charge in [-0.3, -0.25) is 0 Å². The molecule has 0 heterocycles. The summed E-state index contributed by atoms with van der Waals surface area (Å²) < 4.78 is 12.1. The zero-order valence-electron chi connectivity index (χ0n) is 22.6. The number of hydrogen-bond donors (Lipinski definition) is 2. The van der Waals surface area contributed by atoms with Crippen LogP contribution in [0.15, 0.2) is 47.1 Å². The van der Waals surface area contributed by atoms with Crippen molar-refractivity contribution in [2.24, 2.45) is 11.3 Å². The molecule has 2 N–H and O–H groups in total. The minimum Gasteiger partial charge on any atom is -0.457 e. The molecular formula is C31H46O5. The fourth-order valence-electron chi connectivity index (χ4n) is 7.22. The second-order valence-corrected chi connectivity index (χ2v) is 11.8. The van der Waals surface area contributed by atoms with Crippen molar-refractivity contribution < 1.29 is 24.5 Å². The van der Waals surface area contributed by atoms with Crippen LogP contribution >= 0.6 is 0 Å².